The van der Waals surface area contributed by atoms with Crippen LogP contribution >= 0.6 is 0 Å². The van der Waals surface area contributed by atoms with Crippen LogP contribution in [0.15, 0.2) is 48.5 Å². The Balaban J connectivity index is 1.40. The van der Waals surface area contributed by atoms with Crippen molar-refractivity contribution in [2.75, 3.05) is 6.61 Å². The lowest BCUT2D eigenvalue weighted by Crippen LogP contribution is -2.48. The third-order valence-electron chi connectivity index (χ3n) is 6.04. The number of carbonyl (C=O) groups is 2. The van der Waals surface area contributed by atoms with E-state index in [1.807, 2.05) is 37.3 Å². The summed E-state index contributed by atoms with van der Waals surface area (Å²) in [5.74, 6) is -0.608. The van der Waals surface area contributed by atoms with E-state index in [2.05, 4.69) is 0 Å². The van der Waals surface area contributed by atoms with Gasteiger partial charge >= 0.3 is 6.09 Å². The van der Waals surface area contributed by atoms with E-state index in [9.17, 15) is 14.0 Å². The molecule has 2 aliphatic rings. The molecule has 2 aromatic carbocycles. The molecule has 1 amide bonds. The molecule has 2 heterocycles. The van der Waals surface area contributed by atoms with E-state index < -0.39 is 5.82 Å². The summed E-state index contributed by atoms with van der Waals surface area (Å²) in [5.41, 5.74) is 1.04. The van der Waals surface area contributed by atoms with Gasteiger partial charge in [0, 0.05) is 24.1 Å². The topological polar surface area (TPSA) is 55.8 Å². The molecule has 0 aliphatic carbocycles. The van der Waals surface area contributed by atoms with E-state index in [4.69, 9.17) is 9.47 Å². The van der Waals surface area contributed by atoms with Crippen molar-refractivity contribution >= 4 is 11.9 Å². The molecule has 0 aromatic heterocycles. The van der Waals surface area contributed by atoms with Crippen LogP contribution in [-0.2, 0) is 11.3 Å². The molecular formula is C24H26FNO4. The fraction of sp³-hybridized carbons (Fsp3) is 0.417. The Morgan fingerprint density at radius 1 is 1.07 bits per heavy atom. The highest BCUT2D eigenvalue weighted by atomic mass is 19.1. The van der Waals surface area contributed by atoms with Crippen molar-refractivity contribution < 1.29 is 23.5 Å². The number of halogens is 1. The quantitative estimate of drug-likeness (QED) is 0.629. The van der Waals surface area contributed by atoms with Crippen molar-refractivity contribution in [3.05, 3.63) is 65.5 Å². The Labute approximate surface area is 175 Å². The minimum Gasteiger partial charge on any atom is -0.494 e. The lowest BCUT2D eigenvalue weighted by Gasteiger charge is -2.37. The Kier molecular flexibility index (Phi) is 6.02. The number of ketones is 1. The number of carbonyl (C=O) groups excluding carboxylic acids is 2. The zero-order valence-corrected chi connectivity index (χ0v) is 17.1. The van der Waals surface area contributed by atoms with E-state index in [0.717, 1.165) is 18.4 Å². The Hall–Kier alpha value is -2.89. The zero-order chi connectivity index (χ0) is 21.1. The van der Waals surface area contributed by atoms with E-state index in [1.54, 1.807) is 11.0 Å². The van der Waals surface area contributed by atoms with Crippen molar-refractivity contribution in [3.63, 3.8) is 0 Å². The number of ether oxygens (including phenoxy) is 2. The van der Waals surface area contributed by atoms with Gasteiger partial charge in [0.05, 0.1) is 12.2 Å². The highest BCUT2D eigenvalue weighted by Crippen LogP contribution is 2.40. The van der Waals surface area contributed by atoms with Gasteiger partial charge in [-0.3, -0.25) is 4.79 Å². The monoisotopic (exact) mass is 411 g/mol. The molecule has 0 saturated carbocycles. The van der Waals surface area contributed by atoms with Crippen molar-refractivity contribution in [1.29, 1.82) is 0 Å². The zero-order valence-electron chi connectivity index (χ0n) is 17.1. The molecule has 0 N–H and O–H groups in total. The van der Waals surface area contributed by atoms with Crippen LogP contribution in [0, 0.1) is 11.7 Å². The second-order valence-electron chi connectivity index (χ2n) is 7.94. The van der Waals surface area contributed by atoms with Crippen LogP contribution in [0.4, 0.5) is 9.18 Å². The Morgan fingerprint density at radius 3 is 2.40 bits per heavy atom. The van der Waals surface area contributed by atoms with E-state index >= 15 is 0 Å². The summed E-state index contributed by atoms with van der Waals surface area (Å²) in [5, 5.41) is 0. The van der Waals surface area contributed by atoms with Crippen LogP contribution in [-0.4, -0.2) is 35.5 Å². The number of hydrogen-bond donors (Lipinski definition) is 0. The number of benzene rings is 2. The Morgan fingerprint density at radius 2 is 1.77 bits per heavy atom. The summed E-state index contributed by atoms with van der Waals surface area (Å²) in [6.45, 7) is 2.50. The summed E-state index contributed by atoms with van der Waals surface area (Å²) in [6, 6.07) is 13.9. The highest BCUT2D eigenvalue weighted by molar-refractivity contribution is 5.98. The smallest absolute Gasteiger partial charge is 0.410 e. The molecular weight excluding hydrogens is 385 g/mol. The third kappa shape index (κ3) is 4.18. The molecule has 2 aromatic rings. The molecule has 2 unspecified atom stereocenters. The first-order valence-electron chi connectivity index (χ1n) is 10.5. The van der Waals surface area contributed by atoms with Crippen LogP contribution in [0.5, 0.6) is 5.75 Å². The highest BCUT2D eigenvalue weighted by Gasteiger charge is 2.46. The molecule has 2 bridgehead atoms. The maximum absolute atomic E-state index is 14.5. The summed E-state index contributed by atoms with van der Waals surface area (Å²) in [6.07, 6.45) is 2.45. The third-order valence-corrected chi connectivity index (χ3v) is 6.04. The molecule has 6 heteroatoms. The minimum atomic E-state index is -0.553. The van der Waals surface area contributed by atoms with Gasteiger partial charge in [-0.2, -0.15) is 0 Å². The molecule has 2 aliphatic heterocycles. The van der Waals surface area contributed by atoms with Crippen molar-refractivity contribution in [3.8, 4) is 5.75 Å². The molecule has 158 valence electrons. The van der Waals surface area contributed by atoms with Crippen LogP contribution in [0.2, 0.25) is 0 Å². The molecule has 30 heavy (non-hydrogen) atoms. The first-order chi connectivity index (χ1) is 14.6. The maximum atomic E-state index is 14.5. The molecule has 2 fully saturated rings. The molecule has 0 spiro atoms. The van der Waals surface area contributed by atoms with Gasteiger partial charge in [0.2, 0.25) is 0 Å². The average molecular weight is 411 g/mol. The number of amides is 1. The van der Waals surface area contributed by atoms with Gasteiger partial charge in [0.25, 0.3) is 0 Å². The summed E-state index contributed by atoms with van der Waals surface area (Å²) < 4.78 is 25.3. The second kappa shape index (κ2) is 8.86. The lowest BCUT2D eigenvalue weighted by atomic mass is 9.84. The average Bonchev–Trinajstić information content (AvgIpc) is 3.02. The van der Waals surface area contributed by atoms with Gasteiger partial charge < -0.3 is 14.4 Å². The van der Waals surface area contributed by atoms with Crippen LogP contribution < -0.4 is 4.74 Å². The van der Waals surface area contributed by atoms with Gasteiger partial charge in [0.15, 0.2) is 5.78 Å². The van der Waals surface area contributed by atoms with Crippen LogP contribution in [0.3, 0.4) is 0 Å². The standard InChI is InChI=1S/C24H26FNO4/c1-2-29-20-10-11-21(22(25)14-20)23(27)17-12-18-8-9-19(13-17)26(18)24(28)30-15-16-6-4-3-5-7-16/h3-7,10-11,14,17-19H,2,8-9,12-13,15H2,1H3. The first-order valence-corrected chi connectivity index (χ1v) is 10.5. The number of Topliss-reactive ketones (excluding diaryl/α,β-unsaturated/α-hetero) is 1. The summed E-state index contributed by atoms with van der Waals surface area (Å²) in [4.78, 5) is 27.5. The van der Waals surface area contributed by atoms with Gasteiger partial charge in [-0.15, -0.1) is 0 Å². The lowest BCUT2D eigenvalue weighted by molar-refractivity contribution is 0.0483. The van der Waals surface area contributed by atoms with E-state index in [0.29, 0.717) is 25.2 Å². The van der Waals surface area contributed by atoms with Crippen molar-refractivity contribution in [2.45, 2.75) is 51.3 Å². The first kappa shape index (κ1) is 20.4. The van der Waals surface area contributed by atoms with Gasteiger partial charge in [-0.05, 0) is 50.3 Å². The Bertz CT molecular complexity index is 903. The number of rotatable bonds is 6. The number of fused-ring (bicyclic) bond motifs is 2. The van der Waals surface area contributed by atoms with Gasteiger partial charge in [0.1, 0.15) is 18.2 Å². The molecule has 5 nitrogen and oxygen atoms in total. The summed E-state index contributed by atoms with van der Waals surface area (Å²) >= 11 is 0. The largest absolute Gasteiger partial charge is 0.494 e. The SMILES string of the molecule is CCOc1ccc(C(=O)C2CC3CCC(C2)N3C(=O)OCc2ccccc2)c(F)c1. The molecule has 0 radical (unpaired) electrons. The van der Waals surface area contributed by atoms with Gasteiger partial charge in [-0.1, -0.05) is 30.3 Å². The maximum Gasteiger partial charge on any atom is 0.410 e. The molecule has 4 rings (SSSR count). The van der Waals surface area contributed by atoms with Crippen LogP contribution in [0.25, 0.3) is 0 Å². The van der Waals surface area contributed by atoms with Gasteiger partial charge in [-0.25, -0.2) is 9.18 Å². The van der Waals surface area contributed by atoms with E-state index in [1.165, 1.54) is 12.1 Å². The molecule has 2 atom stereocenters. The second-order valence-corrected chi connectivity index (χ2v) is 7.94. The number of nitrogens with zero attached hydrogens (tertiary/aromatic N) is 1. The predicted molar refractivity (Wildman–Crippen MR) is 110 cm³/mol. The number of hydrogen-bond acceptors (Lipinski definition) is 4. The summed E-state index contributed by atoms with van der Waals surface area (Å²) in [7, 11) is 0. The van der Waals surface area contributed by atoms with Crippen LogP contribution in [0.1, 0.15) is 48.5 Å². The minimum absolute atomic E-state index is 0.0354. The number of piperidine rings is 1. The normalized spacial score (nSPS) is 22.6. The fourth-order valence-electron chi connectivity index (χ4n) is 4.66. The van der Waals surface area contributed by atoms with E-state index in [-0.39, 0.29) is 42.0 Å². The fourth-order valence-corrected chi connectivity index (χ4v) is 4.66. The predicted octanol–water partition coefficient (Wildman–Crippen LogP) is 4.99. The van der Waals surface area contributed by atoms with Crippen molar-refractivity contribution in [1.82, 2.24) is 4.90 Å². The molecule has 2 saturated heterocycles. The van der Waals surface area contributed by atoms with Crippen molar-refractivity contribution in [2.24, 2.45) is 5.92 Å².